The molecular formula is C12H18ClNO2. The van der Waals surface area contributed by atoms with Gasteiger partial charge in [-0.1, -0.05) is 11.6 Å². The summed E-state index contributed by atoms with van der Waals surface area (Å²) < 4.78 is 7.13. The zero-order valence-corrected chi connectivity index (χ0v) is 11.1. The van der Waals surface area contributed by atoms with E-state index in [2.05, 4.69) is 0 Å². The van der Waals surface area contributed by atoms with Crippen LogP contribution in [0.5, 0.6) is 0 Å². The Hall–Kier alpha value is -0.960. The number of esters is 1. The number of aromatic nitrogens is 1. The zero-order valence-electron chi connectivity index (χ0n) is 10.4. The lowest BCUT2D eigenvalue weighted by molar-refractivity contribution is 0.00562. The molecule has 0 amide bonds. The van der Waals surface area contributed by atoms with Crippen LogP contribution in [0.25, 0.3) is 0 Å². The minimum Gasteiger partial charge on any atom is -0.455 e. The van der Waals surface area contributed by atoms with Gasteiger partial charge >= 0.3 is 5.97 Å². The summed E-state index contributed by atoms with van der Waals surface area (Å²) >= 11 is 5.90. The summed E-state index contributed by atoms with van der Waals surface area (Å²) in [6, 6.07) is 1.81. The first-order valence-electron chi connectivity index (χ1n) is 5.31. The van der Waals surface area contributed by atoms with Crippen LogP contribution in [-0.2, 0) is 4.74 Å². The third kappa shape index (κ3) is 3.27. The summed E-state index contributed by atoms with van der Waals surface area (Å²) in [7, 11) is 0. The van der Waals surface area contributed by atoms with E-state index in [9.17, 15) is 4.79 Å². The fourth-order valence-electron chi connectivity index (χ4n) is 1.37. The maximum absolute atomic E-state index is 11.9. The lowest BCUT2D eigenvalue weighted by Gasteiger charge is -2.20. The van der Waals surface area contributed by atoms with Gasteiger partial charge in [0.15, 0.2) is 0 Å². The van der Waals surface area contributed by atoms with Crippen molar-refractivity contribution >= 4 is 17.6 Å². The topological polar surface area (TPSA) is 31.2 Å². The Labute approximate surface area is 101 Å². The van der Waals surface area contributed by atoms with Crippen LogP contribution < -0.4 is 0 Å². The first kappa shape index (κ1) is 13.1. The fraction of sp³-hybridized carbons (Fsp3) is 0.583. The SMILES string of the molecule is CC(C)n1cc(Cl)cc1C(=O)OC(C)(C)C. The van der Waals surface area contributed by atoms with E-state index in [1.54, 1.807) is 12.3 Å². The molecule has 0 saturated carbocycles. The second kappa shape index (κ2) is 4.50. The summed E-state index contributed by atoms with van der Waals surface area (Å²) in [5.74, 6) is -0.340. The highest BCUT2D eigenvalue weighted by Gasteiger charge is 2.22. The maximum atomic E-state index is 11.9. The zero-order chi connectivity index (χ0) is 12.5. The van der Waals surface area contributed by atoms with Gasteiger partial charge in [0.25, 0.3) is 0 Å². The Morgan fingerprint density at radius 1 is 1.44 bits per heavy atom. The largest absolute Gasteiger partial charge is 0.455 e. The Morgan fingerprint density at radius 3 is 2.44 bits per heavy atom. The molecule has 0 aliphatic rings. The van der Waals surface area contributed by atoms with E-state index >= 15 is 0 Å². The van der Waals surface area contributed by atoms with Crippen LogP contribution in [0, 0.1) is 0 Å². The molecule has 0 N–H and O–H groups in total. The molecule has 0 aliphatic carbocycles. The summed E-state index contributed by atoms with van der Waals surface area (Å²) in [5, 5.41) is 0.551. The van der Waals surface area contributed by atoms with E-state index in [0.29, 0.717) is 10.7 Å². The van der Waals surface area contributed by atoms with E-state index in [0.717, 1.165) is 0 Å². The van der Waals surface area contributed by atoms with Crippen LogP contribution in [0.1, 0.15) is 51.1 Å². The highest BCUT2D eigenvalue weighted by molar-refractivity contribution is 6.31. The second-order valence-corrected chi connectivity index (χ2v) is 5.48. The molecule has 0 aliphatic heterocycles. The molecule has 1 rings (SSSR count). The van der Waals surface area contributed by atoms with Gasteiger partial charge in [-0.3, -0.25) is 0 Å². The first-order chi connectivity index (χ1) is 7.20. The van der Waals surface area contributed by atoms with Crippen LogP contribution in [0.3, 0.4) is 0 Å². The van der Waals surface area contributed by atoms with Crippen molar-refractivity contribution in [2.45, 2.75) is 46.3 Å². The number of carbonyl (C=O) groups excluding carboxylic acids is 1. The molecule has 0 spiro atoms. The smallest absolute Gasteiger partial charge is 0.355 e. The van der Waals surface area contributed by atoms with Gasteiger partial charge in [-0.2, -0.15) is 0 Å². The van der Waals surface area contributed by atoms with Crippen LogP contribution in [-0.4, -0.2) is 16.1 Å². The standard InChI is InChI=1S/C12H18ClNO2/c1-8(2)14-7-9(13)6-10(14)11(15)16-12(3,4)5/h6-8H,1-5H3. The molecule has 1 aromatic rings. The van der Waals surface area contributed by atoms with Gasteiger partial charge in [-0.25, -0.2) is 4.79 Å². The van der Waals surface area contributed by atoms with Crippen molar-refractivity contribution in [2.75, 3.05) is 0 Å². The van der Waals surface area contributed by atoms with Gasteiger partial charge in [-0.05, 0) is 40.7 Å². The minimum atomic E-state index is -0.490. The molecule has 4 heteroatoms. The molecule has 0 bridgehead atoms. The van der Waals surface area contributed by atoms with Gasteiger partial charge in [0.1, 0.15) is 11.3 Å². The third-order valence-corrected chi connectivity index (χ3v) is 2.19. The quantitative estimate of drug-likeness (QED) is 0.742. The van der Waals surface area contributed by atoms with Crippen molar-refractivity contribution in [1.82, 2.24) is 4.57 Å². The van der Waals surface area contributed by atoms with Crippen molar-refractivity contribution < 1.29 is 9.53 Å². The molecule has 1 heterocycles. The molecule has 0 unspecified atom stereocenters. The van der Waals surface area contributed by atoms with Crippen LogP contribution in [0.15, 0.2) is 12.3 Å². The van der Waals surface area contributed by atoms with Crippen molar-refractivity contribution in [3.63, 3.8) is 0 Å². The van der Waals surface area contributed by atoms with Gasteiger partial charge in [0.05, 0.1) is 5.02 Å². The summed E-state index contributed by atoms with van der Waals surface area (Å²) in [4.78, 5) is 11.9. The lowest BCUT2D eigenvalue weighted by Crippen LogP contribution is -2.25. The van der Waals surface area contributed by atoms with E-state index in [4.69, 9.17) is 16.3 Å². The van der Waals surface area contributed by atoms with E-state index < -0.39 is 5.60 Å². The lowest BCUT2D eigenvalue weighted by atomic mass is 10.2. The minimum absolute atomic E-state index is 0.176. The number of rotatable bonds is 2. The molecule has 0 aromatic carbocycles. The number of carbonyl (C=O) groups is 1. The fourth-order valence-corrected chi connectivity index (χ4v) is 1.58. The van der Waals surface area contributed by atoms with Crippen molar-refractivity contribution in [3.8, 4) is 0 Å². The van der Waals surface area contributed by atoms with Gasteiger partial charge in [-0.15, -0.1) is 0 Å². The normalized spacial score (nSPS) is 11.9. The van der Waals surface area contributed by atoms with Crippen molar-refractivity contribution in [2.24, 2.45) is 0 Å². The Kier molecular flexibility index (Phi) is 3.68. The summed E-state index contributed by atoms with van der Waals surface area (Å²) in [5.41, 5.74) is 0.00486. The van der Waals surface area contributed by atoms with E-state index in [-0.39, 0.29) is 12.0 Å². The van der Waals surface area contributed by atoms with Crippen molar-refractivity contribution in [1.29, 1.82) is 0 Å². The van der Waals surface area contributed by atoms with Crippen LogP contribution in [0.4, 0.5) is 0 Å². The average Bonchev–Trinajstić information content (AvgIpc) is 2.44. The monoisotopic (exact) mass is 243 g/mol. The molecule has 16 heavy (non-hydrogen) atoms. The van der Waals surface area contributed by atoms with Crippen LogP contribution >= 0.6 is 11.6 Å². The molecule has 0 radical (unpaired) electrons. The average molecular weight is 244 g/mol. The number of hydrogen-bond donors (Lipinski definition) is 0. The highest BCUT2D eigenvalue weighted by Crippen LogP contribution is 2.21. The molecule has 90 valence electrons. The number of nitrogens with zero attached hydrogens (tertiary/aromatic N) is 1. The van der Waals surface area contributed by atoms with E-state index in [1.807, 2.05) is 39.2 Å². The molecule has 0 atom stereocenters. The summed E-state index contributed by atoms with van der Waals surface area (Å²) in [6.07, 6.45) is 1.74. The van der Waals surface area contributed by atoms with E-state index in [1.165, 1.54) is 0 Å². The maximum Gasteiger partial charge on any atom is 0.355 e. The summed E-state index contributed by atoms with van der Waals surface area (Å²) in [6.45, 7) is 9.51. The predicted molar refractivity (Wildman–Crippen MR) is 65.0 cm³/mol. The molecule has 1 aromatic heterocycles. The Morgan fingerprint density at radius 2 is 2.00 bits per heavy atom. The number of ether oxygens (including phenoxy) is 1. The number of halogens is 1. The van der Waals surface area contributed by atoms with Gasteiger partial charge < -0.3 is 9.30 Å². The van der Waals surface area contributed by atoms with Gasteiger partial charge in [0, 0.05) is 12.2 Å². The third-order valence-electron chi connectivity index (χ3n) is 1.98. The molecule has 0 saturated heterocycles. The highest BCUT2D eigenvalue weighted by atomic mass is 35.5. The second-order valence-electron chi connectivity index (χ2n) is 5.05. The number of hydrogen-bond acceptors (Lipinski definition) is 2. The van der Waals surface area contributed by atoms with Crippen LogP contribution in [0.2, 0.25) is 5.02 Å². The molecular weight excluding hydrogens is 226 g/mol. The predicted octanol–water partition coefficient (Wildman–Crippen LogP) is 3.68. The van der Waals surface area contributed by atoms with Crippen molar-refractivity contribution in [3.05, 3.63) is 23.0 Å². The Balaban J connectivity index is 2.99. The first-order valence-corrected chi connectivity index (χ1v) is 5.69. The van der Waals surface area contributed by atoms with Gasteiger partial charge in [0.2, 0.25) is 0 Å². The Bertz CT molecular complexity index is 388. The molecule has 0 fully saturated rings. The molecule has 3 nitrogen and oxygen atoms in total.